The third kappa shape index (κ3) is 3.41. The first-order chi connectivity index (χ1) is 14.9. The van der Waals surface area contributed by atoms with Crippen LogP contribution in [0.4, 0.5) is 22.7 Å². The fourth-order valence-electron chi connectivity index (χ4n) is 3.46. The van der Waals surface area contributed by atoms with Gasteiger partial charge in [-0.1, -0.05) is 72.8 Å². The maximum Gasteiger partial charge on any atom is 0.101 e. The molecule has 4 aromatic rings. The molecule has 0 spiro atoms. The molecule has 0 aromatic heterocycles. The van der Waals surface area contributed by atoms with E-state index in [1.807, 2.05) is 97.1 Å². The van der Waals surface area contributed by atoms with Gasteiger partial charge in [0.15, 0.2) is 0 Å². The molecule has 0 N–H and O–H groups in total. The first-order valence-electron chi connectivity index (χ1n) is 9.60. The summed E-state index contributed by atoms with van der Waals surface area (Å²) in [6, 6.07) is 37.3. The molecule has 1 aliphatic rings. The van der Waals surface area contributed by atoms with Gasteiger partial charge in [-0.3, -0.25) is 0 Å². The number of hydrogen-bond donors (Lipinski definition) is 0. The molecular weight excluding hydrogens is 368 g/mol. The lowest BCUT2D eigenvalue weighted by Crippen LogP contribution is -1.82. The number of nitrogens with zero attached hydrogens (tertiary/aromatic N) is 4. The van der Waals surface area contributed by atoms with Crippen LogP contribution in [-0.4, -0.2) is 12.0 Å². The Kier molecular flexibility index (Phi) is 4.69. The molecule has 1 heterocycles. The van der Waals surface area contributed by atoms with E-state index in [1.54, 1.807) is 0 Å². The van der Waals surface area contributed by atoms with Gasteiger partial charge in [0.1, 0.15) is 12.0 Å². The van der Waals surface area contributed by atoms with Crippen molar-refractivity contribution < 1.29 is 0 Å². The van der Waals surface area contributed by atoms with Gasteiger partial charge in [-0.25, -0.2) is 0 Å². The molecule has 0 aliphatic carbocycles. The van der Waals surface area contributed by atoms with Crippen LogP contribution in [0.5, 0.6) is 0 Å². The van der Waals surface area contributed by atoms with Crippen molar-refractivity contribution in [1.82, 2.24) is 0 Å². The topological polar surface area (TPSA) is 49.4 Å². The molecule has 0 fully saturated rings. The van der Waals surface area contributed by atoms with Gasteiger partial charge in [0, 0.05) is 22.3 Å². The van der Waals surface area contributed by atoms with Crippen LogP contribution in [-0.2, 0) is 0 Å². The Hall–Kier alpha value is -4.36. The first kappa shape index (κ1) is 17.7. The van der Waals surface area contributed by atoms with E-state index in [-0.39, 0.29) is 0 Å². The van der Waals surface area contributed by atoms with Crippen molar-refractivity contribution >= 4 is 34.8 Å². The van der Waals surface area contributed by atoms with E-state index in [0.29, 0.717) is 0 Å². The van der Waals surface area contributed by atoms with Crippen LogP contribution in [0.1, 0.15) is 0 Å². The largest absolute Gasteiger partial charge is 0.187 e. The molecule has 30 heavy (non-hydrogen) atoms. The second-order valence-corrected chi connectivity index (χ2v) is 6.72. The normalized spacial score (nSPS) is 11.7. The van der Waals surface area contributed by atoms with E-state index in [4.69, 9.17) is 0 Å². The average Bonchev–Trinajstić information content (AvgIpc) is 2.80. The number of hydrogen-bond acceptors (Lipinski definition) is 4. The number of aliphatic imine (C=N–C) groups is 4. The number of rotatable bonds is 0. The molecule has 4 aromatic carbocycles. The number of fused-ring (bicyclic) bond motifs is 6. The van der Waals surface area contributed by atoms with E-state index in [2.05, 4.69) is 32.0 Å². The lowest BCUT2D eigenvalue weighted by atomic mass is 10.0. The minimum absolute atomic E-state index is 0.774. The highest BCUT2D eigenvalue weighted by atomic mass is 14.8. The smallest absolute Gasteiger partial charge is 0.101 e. The minimum atomic E-state index is 0.774. The van der Waals surface area contributed by atoms with Crippen LogP contribution < -0.4 is 0 Å². The highest BCUT2D eigenvalue weighted by Crippen LogP contribution is 2.38. The molecule has 4 heteroatoms. The van der Waals surface area contributed by atoms with E-state index < -0.39 is 0 Å². The average molecular weight is 384 g/mol. The summed E-state index contributed by atoms with van der Waals surface area (Å²) in [6.45, 7) is 0. The molecule has 0 atom stereocenters. The predicted octanol–water partition coefficient (Wildman–Crippen LogP) is 7.61. The molecule has 0 saturated heterocycles. The molecule has 140 valence electrons. The summed E-state index contributed by atoms with van der Waals surface area (Å²) in [7, 11) is 0. The lowest BCUT2D eigenvalue weighted by molar-refractivity contribution is 1.44. The third-order valence-electron chi connectivity index (χ3n) is 4.88. The van der Waals surface area contributed by atoms with Gasteiger partial charge in [0.25, 0.3) is 0 Å². The quantitative estimate of drug-likeness (QED) is 0.264. The van der Waals surface area contributed by atoms with Gasteiger partial charge in [-0.2, -0.15) is 20.0 Å². The van der Waals surface area contributed by atoms with E-state index >= 15 is 0 Å². The van der Waals surface area contributed by atoms with Crippen LogP contribution in [0, 0.1) is 0 Å². The van der Waals surface area contributed by atoms with Crippen molar-refractivity contribution in [3.8, 4) is 22.3 Å². The van der Waals surface area contributed by atoms with Gasteiger partial charge in [-0.15, -0.1) is 0 Å². The Labute approximate surface area is 174 Å². The zero-order valence-corrected chi connectivity index (χ0v) is 16.0. The second-order valence-electron chi connectivity index (χ2n) is 6.72. The summed E-state index contributed by atoms with van der Waals surface area (Å²) in [5, 5.41) is 0. The molecule has 4 nitrogen and oxygen atoms in total. The summed E-state index contributed by atoms with van der Waals surface area (Å²) in [5.74, 6) is 0. The summed E-state index contributed by atoms with van der Waals surface area (Å²) < 4.78 is 0. The maximum absolute atomic E-state index is 4.53. The van der Waals surface area contributed by atoms with Crippen molar-refractivity contribution in [2.45, 2.75) is 0 Å². The van der Waals surface area contributed by atoms with Crippen molar-refractivity contribution in [3.63, 3.8) is 0 Å². The van der Waals surface area contributed by atoms with Gasteiger partial charge in [0.05, 0.1) is 22.7 Å². The Bertz CT molecular complexity index is 1170. The molecule has 0 unspecified atom stereocenters. The Morgan fingerprint density at radius 1 is 0.333 bits per heavy atom. The van der Waals surface area contributed by atoms with Crippen LogP contribution in [0.15, 0.2) is 117 Å². The van der Waals surface area contributed by atoms with E-state index in [1.165, 1.54) is 0 Å². The van der Waals surface area contributed by atoms with Crippen molar-refractivity contribution in [2.75, 3.05) is 0 Å². The van der Waals surface area contributed by atoms with Crippen LogP contribution in [0.2, 0.25) is 0 Å². The summed E-state index contributed by atoms with van der Waals surface area (Å²) in [6.07, 6.45) is 0. The number of benzene rings is 4. The van der Waals surface area contributed by atoms with Crippen LogP contribution in [0.3, 0.4) is 0 Å². The second kappa shape index (κ2) is 7.94. The zero-order valence-electron chi connectivity index (χ0n) is 16.0. The van der Waals surface area contributed by atoms with E-state index in [9.17, 15) is 0 Å². The van der Waals surface area contributed by atoms with E-state index in [0.717, 1.165) is 45.0 Å². The molecule has 5 rings (SSSR count). The Morgan fingerprint density at radius 3 is 0.833 bits per heavy atom. The Morgan fingerprint density at radius 2 is 0.567 bits per heavy atom. The van der Waals surface area contributed by atoms with Crippen molar-refractivity contribution in [1.29, 1.82) is 0 Å². The van der Waals surface area contributed by atoms with Gasteiger partial charge in [0.2, 0.25) is 0 Å². The fourth-order valence-corrected chi connectivity index (χ4v) is 3.46. The summed E-state index contributed by atoms with van der Waals surface area (Å²) in [4.78, 5) is 18.1. The van der Waals surface area contributed by atoms with Gasteiger partial charge in [-0.05, 0) is 24.3 Å². The molecule has 0 amide bonds. The third-order valence-corrected chi connectivity index (χ3v) is 4.88. The van der Waals surface area contributed by atoms with Gasteiger partial charge < -0.3 is 0 Å². The first-order valence-corrected chi connectivity index (χ1v) is 9.60. The van der Waals surface area contributed by atoms with Crippen molar-refractivity contribution in [2.24, 2.45) is 20.0 Å². The molecule has 0 saturated carbocycles. The number of para-hydroxylation sites is 4. The van der Waals surface area contributed by atoms with Crippen LogP contribution in [0.25, 0.3) is 22.3 Å². The molecule has 0 radical (unpaired) electrons. The minimum Gasteiger partial charge on any atom is -0.187 e. The highest BCUT2D eigenvalue weighted by molar-refractivity contribution is 5.88. The summed E-state index contributed by atoms with van der Waals surface area (Å²) >= 11 is 0. The molecular formula is C26H16N4. The fraction of sp³-hybridized carbons (Fsp3) is 0. The SMILES string of the molecule is C1=Nc2ccccc2-c2ccccc2N=C=Nc2ccccc2-c2ccccc2N=1. The zero-order chi connectivity index (χ0) is 20.2. The maximum atomic E-state index is 4.53. The standard InChI is InChI=1S/C26H16N4/c1-5-13-23-19(9-1)20-10-2-6-14-24(20)28-18-30-26-16-8-4-12-22(26)21-11-3-7-15-25(21)29-17-27-23/h1-16H. The predicted molar refractivity (Wildman–Crippen MR) is 122 cm³/mol. The Balaban J connectivity index is 1.82. The highest BCUT2D eigenvalue weighted by Gasteiger charge is 2.10. The molecule has 1 aliphatic heterocycles. The monoisotopic (exact) mass is 384 g/mol. The molecule has 0 bridgehead atoms. The van der Waals surface area contributed by atoms with Crippen LogP contribution >= 0.6 is 0 Å². The summed E-state index contributed by atoms with van der Waals surface area (Å²) in [5.41, 5.74) is 6.90. The van der Waals surface area contributed by atoms with Gasteiger partial charge >= 0.3 is 0 Å². The lowest BCUT2D eigenvalue weighted by Gasteiger charge is -2.08. The van der Waals surface area contributed by atoms with Crippen molar-refractivity contribution in [3.05, 3.63) is 97.1 Å².